The van der Waals surface area contributed by atoms with Gasteiger partial charge in [-0.05, 0) is 71.3 Å². The lowest BCUT2D eigenvalue weighted by atomic mass is 9.94. The van der Waals surface area contributed by atoms with Gasteiger partial charge in [0.2, 0.25) is 0 Å². The van der Waals surface area contributed by atoms with E-state index in [0.717, 1.165) is 61.0 Å². The number of aromatic nitrogens is 2. The zero-order valence-electron chi connectivity index (χ0n) is 25.8. The molecule has 0 atom stereocenters. The number of para-hydroxylation sites is 3. The minimum absolute atomic E-state index is 0.367. The van der Waals surface area contributed by atoms with E-state index in [2.05, 4.69) is 130 Å². The molecule has 0 N–H and O–H groups in total. The lowest BCUT2D eigenvalue weighted by Gasteiger charge is -2.16. The van der Waals surface area contributed by atoms with Crippen molar-refractivity contribution < 1.29 is 0 Å². The van der Waals surface area contributed by atoms with Gasteiger partial charge in [-0.25, -0.2) is 0 Å². The van der Waals surface area contributed by atoms with Gasteiger partial charge in [0, 0.05) is 32.8 Å². The van der Waals surface area contributed by atoms with Gasteiger partial charge in [-0.15, -0.1) is 0 Å². The average Bonchev–Trinajstić information content (AvgIpc) is 3.67. The summed E-state index contributed by atoms with van der Waals surface area (Å²) in [5.41, 5.74) is 11.1. The second-order valence-corrected chi connectivity index (χ2v) is 12.0. The minimum Gasteiger partial charge on any atom is -0.309 e. The fourth-order valence-corrected chi connectivity index (χ4v) is 7.30. The first-order chi connectivity index (χ1) is 23.7. The van der Waals surface area contributed by atoms with Crippen molar-refractivity contribution in [1.82, 2.24) is 9.13 Å². The Morgan fingerprint density at radius 1 is 0.396 bits per heavy atom. The van der Waals surface area contributed by atoms with Gasteiger partial charge in [-0.3, -0.25) is 0 Å². The van der Waals surface area contributed by atoms with E-state index in [1.807, 2.05) is 42.5 Å². The average molecular weight is 611 g/mol. The molecule has 7 aromatic carbocycles. The summed E-state index contributed by atoms with van der Waals surface area (Å²) in [4.78, 5) is 0. The Morgan fingerprint density at radius 2 is 0.979 bits per heavy atom. The van der Waals surface area contributed by atoms with Crippen molar-refractivity contribution >= 4 is 43.6 Å². The highest BCUT2D eigenvalue weighted by Gasteiger charge is 2.21. The van der Waals surface area contributed by atoms with Gasteiger partial charge in [0.15, 0.2) is 0 Å². The lowest BCUT2D eigenvalue weighted by Crippen LogP contribution is -2.01. The summed E-state index contributed by atoms with van der Waals surface area (Å²) in [6.45, 7) is 0. The smallest absolute Gasteiger partial charge is 0.101 e. The van der Waals surface area contributed by atoms with Gasteiger partial charge in [0.05, 0.1) is 38.9 Å². The maximum atomic E-state index is 10.3. The quantitative estimate of drug-likeness (QED) is 0.199. The van der Waals surface area contributed by atoms with Gasteiger partial charge in [-0.1, -0.05) is 103 Å². The van der Waals surface area contributed by atoms with Crippen LogP contribution in [0, 0.1) is 22.7 Å². The molecule has 2 aromatic heterocycles. The topological polar surface area (TPSA) is 57.4 Å². The van der Waals surface area contributed by atoms with Crippen LogP contribution in [0.15, 0.2) is 158 Å². The van der Waals surface area contributed by atoms with Crippen LogP contribution < -0.4 is 0 Å². The molecule has 0 fully saturated rings. The third-order valence-electron chi connectivity index (χ3n) is 9.41. The van der Waals surface area contributed by atoms with Crippen LogP contribution in [0.4, 0.5) is 0 Å². The molecular formula is C44H26N4. The summed E-state index contributed by atoms with van der Waals surface area (Å²) in [6, 6.07) is 59.1. The molecule has 9 rings (SSSR count). The fourth-order valence-electron chi connectivity index (χ4n) is 7.30. The zero-order chi connectivity index (χ0) is 32.2. The molecule has 4 heteroatoms. The maximum absolute atomic E-state index is 10.3. The lowest BCUT2D eigenvalue weighted by molar-refractivity contribution is 1.18. The predicted octanol–water partition coefficient (Wildman–Crippen LogP) is 11.0. The SMILES string of the molecule is N#Cc1ccc(-n2c3ccccc3c3cc(-c4ccc5c6ccccc6n(-c6ccccc6)c5c4)ccc32)c(-c2ccccc2)c1C#N. The number of nitrogens with zero attached hydrogens (tertiary/aromatic N) is 4. The van der Waals surface area contributed by atoms with E-state index in [9.17, 15) is 10.5 Å². The van der Waals surface area contributed by atoms with Crippen LogP contribution in [0.3, 0.4) is 0 Å². The number of nitriles is 2. The van der Waals surface area contributed by atoms with Crippen LogP contribution in [-0.2, 0) is 0 Å². The molecule has 0 saturated carbocycles. The Bertz CT molecular complexity index is 2790. The molecule has 0 spiro atoms. The molecule has 0 unspecified atom stereocenters. The molecule has 48 heavy (non-hydrogen) atoms. The van der Waals surface area contributed by atoms with E-state index in [4.69, 9.17) is 0 Å². The van der Waals surface area contributed by atoms with Crippen molar-refractivity contribution in [2.45, 2.75) is 0 Å². The van der Waals surface area contributed by atoms with Gasteiger partial charge < -0.3 is 9.13 Å². The van der Waals surface area contributed by atoms with Crippen molar-refractivity contribution in [3.05, 3.63) is 169 Å². The van der Waals surface area contributed by atoms with Crippen LogP contribution in [-0.4, -0.2) is 9.13 Å². The highest BCUT2D eigenvalue weighted by molar-refractivity contribution is 6.12. The van der Waals surface area contributed by atoms with Gasteiger partial charge >= 0.3 is 0 Å². The molecule has 0 bridgehead atoms. The van der Waals surface area contributed by atoms with Crippen LogP contribution >= 0.6 is 0 Å². The van der Waals surface area contributed by atoms with Crippen molar-refractivity contribution in [2.24, 2.45) is 0 Å². The standard InChI is InChI=1S/C44H26N4/c45-27-32-21-24-42(44(38(32)28-46)29-11-3-1-4-12-29)48-40-18-10-8-16-35(40)37-25-30(20-23-41(37)48)31-19-22-36-34-15-7-9-17-39(34)47(43(36)26-31)33-13-5-2-6-14-33/h1-26H. The first-order valence-electron chi connectivity index (χ1n) is 15.9. The van der Waals surface area contributed by atoms with Gasteiger partial charge in [-0.2, -0.15) is 10.5 Å². The number of benzene rings is 7. The Morgan fingerprint density at radius 3 is 1.71 bits per heavy atom. The number of rotatable bonds is 4. The van der Waals surface area contributed by atoms with E-state index in [0.29, 0.717) is 11.1 Å². The van der Waals surface area contributed by atoms with Crippen molar-refractivity contribution in [1.29, 1.82) is 10.5 Å². The third-order valence-corrected chi connectivity index (χ3v) is 9.41. The summed E-state index contributed by atoms with van der Waals surface area (Å²) in [6.07, 6.45) is 0. The van der Waals surface area contributed by atoms with Gasteiger partial charge in [0.1, 0.15) is 12.1 Å². The molecule has 0 radical (unpaired) electrons. The van der Waals surface area contributed by atoms with Crippen molar-refractivity contribution in [3.8, 4) is 45.8 Å². The van der Waals surface area contributed by atoms with Crippen molar-refractivity contribution in [2.75, 3.05) is 0 Å². The Labute approximate surface area is 277 Å². The molecule has 0 aliphatic carbocycles. The predicted molar refractivity (Wildman–Crippen MR) is 195 cm³/mol. The van der Waals surface area contributed by atoms with E-state index in [-0.39, 0.29) is 0 Å². The Hall–Kier alpha value is -6.88. The highest BCUT2D eigenvalue weighted by atomic mass is 15.0. The van der Waals surface area contributed by atoms with E-state index >= 15 is 0 Å². The van der Waals surface area contributed by atoms with Gasteiger partial charge in [0.25, 0.3) is 0 Å². The second-order valence-electron chi connectivity index (χ2n) is 12.0. The second kappa shape index (κ2) is 10.9. The zero-order valence-corrected chi connectivity index (χ0v) is 25.8. The molecule has 2 heterocycles. The van der Waals surface area contributed by atoms with E-state index < -0.39 is 0 Å². The summed E-state index contributed by atoms with van der Waals surface area (Å²) in [7, 11) is 0. The van der Waals surface area contributed by atoms with Crippen molar-refractivity contribution in [3.63, 3.8) is 0 Å². The maximum Gasteiger partial charge on any atom is 0.101 e. The third kappa shape index (κ3) is 4.07. The highest BCUT2D eigenvalue weighted by Crippen LogP contribution is 2.41. The minimum atomic E-state index is 0.367. The summed E-state index contributed by atoms with van der Waals surface area (Å²) >= 11 is 0. The van der Waals surface area contributed by atoms with E-state index in [1.165, 1.54) is 16.3 Å². The monoisotopic (exact) mass is 610 g/mol. The fraction of sp³-hybridized carbons (Fsp3) is 0. The van der Waals surface area contributed by atoms with Crippen LogP contribution in [0.1, 0.15) is 11.1 Å². The van der Waals surface area contributed by atoms with Crippen LogP contribution in [0.2, 0.25) is 0 Å². The number of fused-ring (bicyclic) bond motifs is 6. The van der Waals surface area contributed by atoms with Crippen LogP contribution in [0.25, 0.3) is 77.2 Å². The molecule has 4 nitrogen and oxygen atoms in total. The summed E-state index contributed by atoms with van der Waals surface area (Å²) in [5.74, 6) is 0. The normalized spacial score (nSPS) is 11.3. The number of hydrogen-bond donors (Lipinski definition) is 0. The van der Waals surface area contributed by atoms with Crippen LogP contribution in [0.5, 0.6) is 0 Å². The largest absolute Gasteiger partial charge is 0.309 e. The molecule has 0 amide bonds. The summed E-state index contributed by atoms with van der Waals surface area (Å²) in [5, 5.41) is 24.9. The molecule has 0 aliphatic rings. The number of hydrogen-bond acceptors (Lipinski definition) is 2. The first-order valence-corrected chi connectivity index (χ1v) is 15.9. The molecule has 0 saturated heterocycles. The Kier molecular flexibility index (Phi) is 6.22. The first kappa shape index (κ1) is 27.4. The molecule has 222 valence electrons. The Balaban J connectivity index is 1.29. The molecule has 0 aliphatic heterocycles. The van der Waals surface area contributed by atoms with E-state index in [1.54, 1.807) is 6.07 Å². The molecule has 9 aromatic rings. The molecular weight excluding hydrogens is 585 g/mol. The summed E-state index contributed by atoms with van der Waals surface area (Å²) < 4.78 is 4.58.